The van der Waals surface area contributed by atoms with Crippen molar-refractivity contribution in [3.8, 4) is 45.5 Å². The monoisotopic (exact) mass is 406 g/mol. The molecule has 0 bridgehead atoms. The van der Waals surface area contributed by atoms with E-state index in [0.717, 1.165) is 6.29 Å². The third-order valence-electron chi connectivity index (χ3n) is 4.60. The molecule has 0 saturated carbocycles. The first-order valence-corrected chi connectivity index (χ1v) is 8.89. The van der Waals surface area contributed by atoms with Gasteiger partial charge < -0.3 is 18.6 Å². The van der Waals surface area contributed by atoms with Crippen molar-refractivity contribution in [3.05, 3.63) is 54.9 Å². The van der Waals surface area contributed by atoms with Gasteiger partial charge in [-0.1, -0.05) is 0 Å². The maximum atomic E-state index is 12.0. The van der Waals surface area contributed by atoms with E-state index in [1.54, 1.807) is 23.3 Å². The summed E-state index contributed by atoms with van der Waals surface area (Å²) in [5.41, 5.74) is 2.92. The molecular weight excluding hydrogens is 388 g/mol. The topological polar surface area (TPSA) is 102 Å². The highest BCUT2D eigenvalue weighted by Gasteiger charge is 2.25. The molecule has 30 heavy (non-hydrogen) atoms. The van der Waals surface area contributed by atoms with Gasteiger partial charge >= 0.3 is 0 Å². The van der Waals surface area contributed by atoms with E-state index in [2.05, 4.69) is 15.1 Å². The molecule has 4 rings (SSSR count). The summed E-state index contributed by atoms with van der Waals surface area (Å²) in [5, 5.41) is 4.23. The molecule has 0 amide bonds. The standard InChI is InChI=1S/C21H18N4O5/c1-27-17-9-14(10-26)18(20(29-3)19(17)28-2)15-8-13(21-23-6-7-30-21)4-5-16(15)25-12-22-11-24-25/h4-12H,1-3H3. The van der Waals surface area contributed by atoms with E-state index in [1.165, 1.54) is 33.9 Å². The Hall–Kier alpha value is -4.14. The van der Waals surface area contributed by atoms with Crippen molar-refractivity contribution in [2.45, 2.75) is 0 Å². The molecule has 0 atom stereocenters. The molecule has 2 heterocycles. The van der Waals surface area contributed by atoms with Crippen LogP contribution in [0, 0.1) is 0 Å². The Labute approximate surface area is 171 Å². The Kier molecular flexibility index (Phi) is 5.17. The van der Waals surface area contributed by atoms with Crippen LogP contribution >= 0.6 is 0 Å². The molecule has 9 heteroatoms. The van der Waals surface area contributed by atoms with Gasteiger partial charge in [0.05, 0.1) is 33.2 Å². The van der Waals surface area contributed by atoms with E-state index in [-0.39, 0.29) is 0 Å². The van der Waals surface area contributed by atoms with Crippen molar-refractivity contribution in [3.63, 3.8) is 0 Å². The third kappa shape index (κ3) is 3.16. The number of methoxy groups -OCH3 is 3. The minimum atomic E-state index is 0.352. The summed E-state index contributed by atoms with van der Waals surface area (Å²) in [7, 11) is 4.50. The molecule has 0 unspecified atom stereocenters. The van der Waals surface area contributed by atoms with Crippen molar-refractivity contribution >= 4 is 6.29 Å². The Balaban J connectivity index is 2.08. The van der Waals surface area contributed by atoms with Gasteiger partial charge in [0.25, 0.3) is 0 Å². The van der Waals surface area contributed by atoms with Crippen LogP contribution in [0.5, 0.6) is 17.2 Å². The van der Waals surface area contributed by atoms with Gasteiger partial charge in [0.2, 0.25) is 11.6 Å². The van der Waals surface area contributed by atoms with Crippen LogP contribution in [0.15, 0.2) is 53.8 Å². The van der Waals surface area contributed by atoms with Gasteiger partial charge in [0.15, 0.2) is 17.8 Å². The van der Waals surface area contributed by atoms with Gasteiger partial charge in [0, 0.05) is 22.3 Å². The fourth-order valence-electron chi connectivity index (χ4n) is 3.31. The van der Waals surface area contributed by atoms with Gasteiger partial charge in [-0.3, -0.25) is 4.79 Å². The highest BCUT2D eigenvalue weighted by molar-refractivity contribution is 5.96. The molecule has 0 radical (unpaired) electrons. The summed E-state index contributed by atoms with van der Waals surface area (Å²) in [4.78, 5) is 20.3. The van der Waals surface area contributed by atoms with Gasteiger partial charge in [-0.25, -0.2) is 14.6 Å². The number of carbonyl (C=O) groups excluding carboxylic acids is 1. The molecule has 152 valence electrons. The number of rotatable bonds is 7. The Bertz CT molecular complexity index is 1170. The summed E-state index contributed by atoms with van der Waals surface area (Å²) in [6.45, 7) is 0. The number of ether oxygens (including phenoxy) is 3. The van der Waals surface area contributed by atoms with E-state index in [4.69, 9.17) is 18.6 Å². The van der Waals surface area contributed by atoms with Crippen molar-refractivity contribution < 1.29 is 23.4 Å². The minimum absolute atomic E-state index is 0.352. The normalized spacial score (nSPS) is 10.6. The quantitative estimate of drug-likeness (QED) is 0.430. The molecule has 0 aliphatic heterocycles. The molecule has 4 aromatic rings. The van der Waals surface area contributed by atoms with Crippen molar-refractivity contribution in [2.24, 2.45) is 0 Å². The van der Waals surface area contributed by atoms with Crippen LogP contribution in [-0.2, 0) is 0 Å². The van der Waals surface area contributed by atoms with Gasteiger partial charge in [-0.05, 0) is 24.3 Å². The van der Waals surface area contributed by atoms with E-state index in [0.29, 0.717) is 51.1 Å². The van der Waals surface area contributed by atoms with Crippen LogP contribution in [0.2, 0.25) is 0 Å². The molecule has 9 nitrogen and oxygen atoms in total. The number of nitrogens with zero attached hydrogens (tertiary/aromatic N) is 4. The molecule has 0 N–H and O–H groups in total. The number of oxazole rings is 1. The molecule has 0 aliphatic rings. The van der Waals surface area contributed by atoms with E-state index >= 15 is 0 Å². The van der Waals surface area contributed by atoms with Crippen LogP contribution in [0.3, 0.4) is 0 Å². The lowest BCUT2D eigenvalue weighted by Gasteiger charge is -2.20. The Morgan fingerprint density at radius 3 is 2.50 bits per heavy atom. The first kappa shape index (κ1) is 19.2. The lowest BCUT2D eigenvalue weighted by Crippen LogP contribution is -2.04. The number of carbonyl (C=O) groups is 1. The van der Waals surface area contributed by atoms with Crippen LogP contribution in [0.4, 0.5) is 0 Å². The summed E-state index contributed by atoms with van der Waals surface area (Å²) < 4.78 is 23.6. The lowest BCUT2D eigenvalue weighted by molar-refractivity contribution is 0.112. The summed E-state index contributed by atoms with van der Waals surface area (Å²) in [6, 6.07) is 7.14. The molecule has 2 aromatic carbocycles. The number of hydrogen-bond acceptors (Lipinski definition) is 8. The number of aromatic nitrogens is 4. The zero-order chi connectivity index (χ0) is 21.1. The van der Waals surface area contributed by atoms with Crippen molar-refractivity contribution in [1.82, 2.24) is 19.7 Å². The van der Waals surface area contributed by atoms with Crippen LogP contribution in [-0.4, -0.2) is 47.4 Å². The highest BCUT2D eigenvalue weighted by Crippen LogP contribution is 2.48. The smallest absolute Gasteiger partial charge is 0.225 e. The molecular formula is C21H18N4O5. The molecule has 0 spiro atoms. The fourth-order valence-corrected chi connectivity index (χ4v) is 3.31. The maximum absolute atomic E-state index is 12.0. The second-order valence-corrected chi connectivity index (χ2v) is 6.14. The molecule has 0 saturated heterocycles. The van der Waals surface area contributed by atoms with E-state index in [9.17, 15) is 4.79 Å². The summed E-state index contributed by atoms with van der Waals surface area (Å²) in [6.07, 6.45) is 6.79. The predicted molar refractivity (Wildman–Crippen MR) is 107 cm³/mol. The first-order valence-electron chi connectivity index (χ1n) is 8.89. The average molecular weight is 406 g/mol. The predicted octanol–water partition coefficient (Wildman–Crippen LogP) is 3.43. The van der Waals surface area contributed by atoms with Crippen molar-refractivity contribution in [2.75, 3.05) is 21.3 Å². The SMILES string of the molecule is COc1cc(C=O)c(-c2cc(-c3ncco3)ccc2-n2cncn2)c(OC)c1OC. The van der Waals surface area contributed by atoms with Gasteiger partial charge in [0.1, 0.15) is 18.9 Å². The zero-order valence-corrected chi connectivity index (χ0v) is 16.5. The number of hydrogen-bond donors (Lipinski definition) is 0. The lowest BCUT2D eigenvalue weighted by atomic mass is 9.94. The second kappa shape index (κ2) is 8.08. The molecule has 2 aromatic heterocycles. The maximum Gasteiger partial charge on any atom is 0.225 e. The first-order chi connectivity index (χ1) is 14.7. The number of benzene rings is 2. The second-order valence-electron chi connectivity index (χ2n) is 6.14. The van der Waals surface area contributed by atoms with Crippen molar-refractivity contribution in [1.29, 1.82) is 0 Å². The minimum Gasteiger partial charge on any atom is -0.493 e. The van der Waals surface area contributed by atoms with Gasteiger partial charge in [-0.15, -0.1) is 0 Å². The van der Waals surface area contributed by atoms with Crippen LogP contribution < -0.4 is 14.2 Å². The number of aldehydes is 1. The molecule has 0 fully saturated rings. The Morgan fingerprint density at radius 2 is 1.90 bits per heavy atom. The average Bonchev–Trinajstić information content (AvgIpc) is 3.51. The highest BCUT2D eigenvalue weighted by atomic mass is 16.5. The van der Waals surface area contributed by atoms with E-state index < -0.39 is 0 Å². The zero-order valence-electron chi connectivity index (χ0n) is 16.5. The third-order valence-corrected chi connectivity index (χ3v) is 4.60. The largest absolute Gasteiger partial charge is 0.493 e. The van der Waals surface area contributed by atoms with Gasteiger partial charge in [-0.2, -0.15) is 5.10 Å². The Morgan fingerprint density at radius 1 is 1.07 bits per heavy atom. The summed E-state index contributed by atoms with van der Waals surface area (Å²) in [5.74, 6) is 1.54. The summed E-state index contributed by atoms with van der Waals surface area (Å²) >= 11 is 0. The van der Waals surface area contributed by atoms with E-state index in [1.807, 2.05) is 18.2 Å². The van der Waals surface area contributed by atoms with Crippen LogP contribution in [0.1, 0.15) is 10.4 Å². The van der Waals surface area contributed by atoms with Crippen LogP contribution in [0.25, 0.3) is 28.3 Å². The molecule has 0 aliphatic carbocycles. The fraction of sp³-hybridized carbons (Fsp3) is 0.143.